The highest BCUT2D eigenvalue weighted by atomic mass is 32.2. The fourth-order valence-electron chi connectivity index (χ4n) is 3.04. The summed E-state index contributed by atoms with van der Waals surface area (Å²) in [6.07, 6.45) is 1.86. The summed E-state index contributed by atoms with van der Waals surface area (Å²) >= 11 is 1.65. The molecule has 0 aromatic heterocycles. The van der Waals surface area contributed by atoms with Crippen LogP contribution in [0.5, 0.6) is 0 Å². The van der Waals surface area contributed by atoms with Crippen molar-refractivity contribution in [1.82, 2.24) is 5.32 Å². The summed E-state index contributed by atoms with van der Waals surface area (Å²) in [6, 6.07) is 10.1. The molecule has 2 saturated heterocycles. The summed E-state index contributed by atoms with van der Waals surface area (Å²) in [6.45, 7) is 1.56. The molecule has 5 unspecified atom stereocenters. The van der Waals surface area contributed by atoms with Gasteiger partial charge < -0.3 is 19.9 Å². The van der Waals surface area contributed by atoms with Gasteiger partial charge in [0, 0.05) is 4.90 Å². The Hall–Kier alpha value is -0.590. The zero-order valence-corrected chi connectivity index (χ0v) is 12.7. The summed E-state index contributed by atoms with van der Waals surface area (Å²) in [5.74, 6) is 0.789. The molecule has 5 atom stereocenters. The molecule has 4 rings (SSSR count). The lowest BCUT2D eigenvalue weighted by atomic mass is 10.00. The minimum Gasteiger partial charge on any atom is -0.390 e. The van der Waals surface area contributed by atoms with Crippen molar-refractivity contribution in [3.05, 3.63) is 30.3 Å². The number of hydrogen-bond donors (Lipinski definition) is 2. The summed E-state index contributed by atoms with van der Waals surface area (Å²) in [5.41, 5.74) is 0. The van der Waals surface area contributed by atoms with Crippen molar-refractivity contribution < 1.29 is 14.6 Å². The van der Waals surface area contributed by atoms with Gasteiger partial charge in [0.2, 0.25) is 0 Å². The highest BCUT2D eigenvalue weighted by molar-refractivity contribution is 8.00. The van der Waals surface area contributed by atoms with Crippen LogP contribution in [0.3, 0.4) is 0 Å². The summed E-state index contributed by atoms with van der Waals surface area (Å²) in [4.78, 5) is 1.14. The minimum absolute atomic E-state index is 0.0172. The van der Waals surface area contributed by atoms with E-state index in [1.54, 1.807) is 11.8 Å². The molecular weight excluding hydrogens is 286 g/mol. The Bertz CT molecular complexity index is 482. The Labute approximate surface area is 129 Å². The predicted octanol–water partition coefficient (Wildman–Crippen LogP) is 1.63. The van der Waals surface area contributed by atoms with Gasteiger partial charge in [-0.1, -0.05) is 18.2 Å². The van der Waals surface area contributed by atoms with Gasteiger partial charge in [-0.25, -0.2) is 0 Å². The third-order valence-electron chi connectivity index (χ3n) is 4.46. The Morgan fingerprint density at radius 3 is 2.81 bits per heavy atom. The van der Waals surface area contributed by atoms with Gasteiger partial charge in [0.05, 0.1) is 24.0 Å². The standard InChI is InChI=1S/C16H21NO3S/c18-14-13(17-8-10-6-7-10)12-9-19-16(20-12)15(14)21-11-4-2-1-3-5-11/h1-5,10,12-18H,6-9H2. The molecule has 0 radical (unpaired) electrons. The first-order chi connectivity index (χ1) is 10.3. The second kappa shape index (κ2) is 5.89. The summed E-state index contributed by atoms with van der Waals surface area (Å²) in [7, 11) is 0. The van der Waals surface area contributed by atoms with E-state index in [2.05, 4.69) is 17.4 Å². The van der Waals surface area contributed by atoms with E-state index in [0.717, 1.165) is 17.4 Å². The molecule has 0 spiro atoms. The Morgan fingerprint density at radius 1 is 1.24 bits per heavy atom. The van der Waals surface area contributed by atoms with Crippen LogP contribution in [0.25, 0.3) is 0 Å². The lowest BCUT2D eigenvalue weighted by molar-refractivity contribution is -0.123. The maximum Gasteiger partial charge on any atom is 0.172 e. The molecule has 3 fully saturated rings. The lowest BCUT2D eigenvalue weighted by Crippen LogP contribution is -2.58. The van der Waals surface area contributed by atoms with Crippen LogP contribution in [0.15, 0.2) is 35.2 Å². The molecule has 3 aliphatic rings. The van der Waals surface area contributed by atoms with Gasteiger partial charge in [0.15, 0.2) is 6.29 Å². The van der Waals surface area contributed by atoms with E-state index in [1.165, 1.54) is 12.8 Å². The van der Waals surface area contributed by atoms with E-state index < -0.39 is 6.10 Å². The predicted molar refractivity (Wildman–Crippen MR) is 81.2 cm³/mol. The van der Waals surface area contributed by atoms with Crippen LogP contribution in [-0.2, 0) is 9.47 Å². The van der Waals surface area contributed by atoms with Crippen molar-refractivity contribution in [2.24, 2.45) is 5.92 Å². The summed E-state index contributed by atoms with van der Waals surface area (Å²) < 4.78 is 11.7. The zero-order valence-electron chi connectivity index (χ0n) is 11.9. The van der Waals surface area contributed by atoms with E-state index in [9.17, 15) is 5.11 Å². The van der Waals surface area contributed by atoms with E-state index >= 15 is 0 Å². The Balaban J connectivity index is 1.46. The van der Waals surface area contributed by atoms with Gasteiger partial charge in [0.1, 0.15) is 6.10 Å². The van der Waals surface area contributed by atoms with Crippen LogP contribution in [0.1, 0.15) is 12.8 Å². The van der Waals surface area contributed by atoms with Crippen LogP contribution < -0.4 is 5.32 Å². The van der Waals surface area contributed by atoms with Crippen molar-refractivity contribution in [3.8, 4) is 0 Å². The fraction of sp³-hybridized carbons (Fsp3) is 0.625. The number of nitrogens with one attached hydrogen (secondary N) is 1. The molecule has 5 heteroatoms. The highest BCUT2D eigenvalue weighted by Gasteiger charge is 2.50. The third kappa shape index (κ3) is 2.98. The third-order valence-corrected chi connectivity index (χ3v) is 5.78. The SMILES string of the molecule is OC1C(NCC2CC2)C2COC(O2)C1Sc1ccccc1. The van der Waals surface area contributed by atoms with E-state index in [0.29, 0.717) is 6.61 Å². The van der Waals surface area contributed by atoms with Crippen molar-refractivity contribution in [2.45, 2.75) is 47.5 Å². The number of rotatable bonds is 5. The number of benzene rings is 1. The van der Waals surface area contributed by atoms with Crippen LogP contribution in [0.4, 0.5) is 0 Å². The molecule has 1 aromatic carbocycles. The molecule has 1 saturated carbocycles. The molecule has 21 heavy (non-hydrogen) atoms. The second-order valence-electron chi connectivity index (χ2n) is 6.14. The van der Waals surface area contributed by atoms with Gasteiger partial charge in [-0.05, 0) is 37.4 Å². The monoisotopic (exact) mass is 307 g/mol. The molecule has 2 N–H and O–H groups in total. The number of hydrogen-bond acceptors (Lipinski definition) is 5. The summed E-state index contributed by atoms with van der Waals surface area (Å²) in [5, 5.41) is 14.2. The maximum absolute atomic E-state index is 10.8. The normalized spacial score (nSPS) is 38.6. The molecule has 2 heterocycles. The number of thioether (sulfide) groups is 1. The smallest absolute Gasteiger partial charge is 0.172 e. The lowest BCUT2D eigenvalue weighted by Gasteiger charge is -2.38. The molecule has 114 valence electrons. The van der Waals surface area contributed by atoms with Crippen molar-refractivity contribution >= 4 is 11.8 Å². The highest BCUT2D eigenvalue weighted by Crippen LogP contribution is 2.39. The minimum atomic E-state index is -0.444. The Kier molecular flexibility index (Phi) is 3.94. The zero-order chi connectivity index (χ0) is 14.2. The maximum atomic E-state index is 10.8. The largest absolute Gasteiger partial charge is 0.390 e. The quantitative estimate of drug-likeness (QED) is 0.866. The first kappa shape index (κ1) is 14.0. The number of ether oxygens (including phenoxy) is 2. The van der Waals surface area contributed by atoms with E-state index in [1.807, 2.05) is 18.2 Å². The van der Waals surface area contributed by atoms with Crippen molar-refractivity contribution in [3.63, 3.8) is 0 Å². The molecule has 2 bridgehead atoms. The first-order valence-electron chi connectivity index (χ1n) is 7.71. The Morgan fingerprint density at radius 2 is 2.05 bits per heavy atom. The van der Waals surface area contributed by atoms with Crippen LogP contribution >= 0.6 is 11.8 Å². The van der Waals surface area contributed by atoms with Crippen molar-refractivity contribution in [1.29, 1.82) is 0 Å². The molecular formula is C16H21NO3S. The van der Waals surface area contributed by atoms with Gasteiger partial charge in [-0.15, -0.1) is 11.8 Å². The average molecular weight is 307 g/mol. The van der Waals surface area contributed by atoms with Gasteiger partial charge in [-0.2, -0.15) is 0 Å². The number of fused-ring (bicyclic) bond motifs is 2. The fourth-order valence-corrected chi connectivity index (χ4v) is 4.24. The van der Waals surface area contributed by atoms with Crippen molar-refractivity contribution in [2.75, 3.05) is 13.2 Å². The molecule has 4 nitrogen and oxygen atoms in total. The number of aliphatic hydroxyl groups excluding tert-OH is 1. The molecule has 2 aliphatic heterocycles. The van der Waals surface area contributed by atoms with Gasteiger partial charge >= 0.3 is 0 Å². The second-order valence-corrected chi connectivity index (χ2v) is 7.39. The van der Waals surface area contributed by atoms with E-state index in [4.69, 9.17) is 9.47 Å². The average Bonchev–Trinajstić information content (AvgIpc) is 3.23. The molecule has 0 amide bonds. The first-order valence-corrected chi connectivity index (χ1v) is 8.59. The number of aliphatic hydroxyl groups is 1. The van der Waals surface area contributed by atoms with Crippen LogP contribution in [0.2, 0.25) is 0 Å². The molecule has 1 aliphatic carbocycles. The molecule has 1 aromatic rings. The van der Waals surface area contributed by atoms with Gasteiger partial charge in [0.25, 0.3) is 0 Å². The van der Waals surface area contributed by atoms with Crippen LogP contribution in [0, 0.1) is 5.92 Å². The van der Waals surface area contributed by atoms with E-state index in [-0.39, 0.29) is 23.7 Å². The van der Waals surface area contributed by atoms with Crippen LogP contribution in [-0.4, -0.2) is 48.0 Å². The topological polar surface area (TPSA) is 50.7 Å². The van der Waals surface area contributed by atoms with Gasteiger partial charge in [-0.3, -0.25) is 0 Å².